The molecular weight excluding hydrogens is 530 g/mol. The van der Waals surface area contributed by atoms with Gasteiger partial charge in [0.25, 0.3) is 15.6 Å². The van der Waals surface area contributed by atoms with Gasteiger partial charge in [-0.1, -0.05) is 17.0 Å². The Morgan fingerprint density at radius 1 is 1.16 bits per heavy atom. The number of hydrogen-bond donors (Lipinski definition) is 1. The third kappa shape index (κ3) is 4.82. The maximum atomic E-state index is 15.0. The third-order valence-corrected chi connectivity index (χ3v) is 7.32. The average molecular weight is 547 g/mol. The molecule has 0 amide bonds. The largest absolute Gasteiger partial charge is 0.495 e. The minimum atomic E-state index is -4.35. The predicted molar refractivity (Wildman–Crippen MR) is 128 cm³/mol. The summed E-state index contributed by atoms with van der Waals surface area (Å²) in [6.07, 6.45) is -3.28. The summed E-state index contributed by atoms with van der Waals surface area (Å²) in [5.41, 5.74) is -0.488. The number of alkyl halides is 3. The van der Waals surface area contributed by atoms with Gasteiger partial charge in [0.2, 0.25) is 0 Å². The van der Waals surface area contributed by atoms with Crippen molar-refractivity contribution in [3.05, 3.63) is 76.5 Å². The van der Waals surface area contributed by atoms with Crippen LogP contribution in [0, 0.1) is 29.5 Å². The highest BCUT2D eigenvalue weighted by Gasteiger charge is 2.55. The van der Waals surface area contributed by atoms with E-state index in [-0.39, 0.29) is 39.7 Å². The molecule has 4 aromatic rings. The van der Waals surface area contributed by atoms with Crippen LogP contribution in [0.1, 0.15) is 12.0 Å². The minimum absolute atomic E-state index is 0.00192. The molecule has 2 atom stereocenters. The van der Waals surface area contributed by atoms with Gasteiger partial charge in [-0.2, -0.15) is 13.2 Å². The van der Waals surface area contributed by atoms with Crippen LogP contribution in [0.15, 0.2) is 69.0 Å². The minimum Gasteiger partial charge on any atom is -0.495 e. The smallest absolute Gasteiger partial charge is 0.393 e. The molecule has 2 heterocycles. The molecule has 0 aliphatic heterocycles. The fraction of sp³-hybridized carbons (Fsp3) is 0.200. The van der Waals surface area contributed by atoms with Crippen LogP contribution in [0.4, 0.5) is 23.4 Å². The zero-order valence-electron chi connectivity index (χ0n) is 19.4. The molecule has 1 saturated carbocycles. The van der Waals surface area contributed by atoms with E-state index in [1.807, 2.05) is 0 Å². The van der Waals surface area contributed by atoms with Gasteiger partial charge in [0.15, 0.2) is 5.82 Å². The first-order valence-electron chi connectivity index (χ1n) is 11.0. The van der Waals surface area contributed by atoms with Crippen LogP contribution >= 0.6 is 0 Å². The summed E-state index contributed by atoms with van der Waals surface area (Å²) < 4.78 is 92.1. The van der Waals surface area contributed by atoms with E-state index in [4.69, 9.17) is 4.74 Å². The van der Waals surface area contributed by atoms with Gasteiger partial charge in [-0.15, -0.1) is 0 Å². The van der Waals surface area contributed by atoms with Crippen molar-refractivity contribution in [2.24, 2.45) is 11.8 Å². The van der Waals surface area contributed by atoms with Gasteiger partial charge >= 0.3 is 6.18 Å². The van der Waals surface area contributed by atoms with Crippen LogP contribution in [-0.4, -0.2) is 31.4 Å². The van der Waals surface area contributed by atoms with E-state index in [0.717, 1.165) is 10.6 Å². The second-order valence-electron chi connectivity index (χ2n) is 8.48. The number of pyridine rings is 1. The summed E-state index contributed by atoms with van der Waals surface area (Å²) in [5, 5.41) is 3.85. The van der Waals surface area contributed by atoms with Crippen molar-refractivity contribution in [3.63, 3.8) is 0 Å². The summed E-state index contributed by atoms with van der Waals surface area (Å²) in [6.45, 7) is 0. The van der Waals surface area contributed by atoms with E-state index in [1.165, 1.54) is 55.8 Å². The summed E-state index contributed by atoms with van der Waals surface area (Å²) in [7, 11) is -2.76. The van der Waals surface area contributed by atoms with Crippen LogP contribution in [-0.2, 0) is 10.0 Å². The van der Waals surface area contributed by atoms with Crippen molar-refractivity contribution >= 4 is 26.7 Å². The number of nitrogens with zero attached hydrogens (tertiary/aromatic N) is 2. The van der Waals surface area contributed by atoms with E-state index in [2.05, 4.69) is 26.2 Å². The van der Waals surface area contributed by atoms with Crippen molar-refractivity contribution < 1.29 is 35.2 Å². The number of nitrogens with one attached hydrogen (secondary N) is 1. The first kappa shape index (κ1) is 25.3. The molecule has 2 aromatic carbocycles. The highest BCUT2D eigenvalue weighted by molar-refractivity contribution is 7.92. The van der Waals surface area contributed by atoms with E-state index in [9.17, 15) is 30.8 Å². The van der Waals surface area contributed by atoms with Gasteiger partial charge in [-0.25, -0.2) is 12.8 Å². The molecule has 1 aliphatic rings. The molecule has 1 N–H and O–H groups in total. The highest BCUT2D eigenvalue weighted by Crippen LogP contribution is 2.49. The molecule has 1 aliphatic carbocycles. The third-order valence-electron chi connectivity index (χ3n) is 5.97. The lowest BCUT2D eigenvalue weighted by Crippen LogP contribution is -2.19. The van der Waals surface area contributed by atoms with Gasteiger partial charge < -0.3 is 9.26 Å². The Kier molecular flexibility index (Phi) is 6.15. The van der Waals surface area contributed by atoms with Gasteiger partial charge in [-0.05, 0) is 30.7 Å². The van der Waals surface area contributed by atoms with Gasteiger partial charge in [-0.3, -0.25) is 14.1 Å². The monoisotopic (exact) mass is 547 g/mol. The zero-order valence-corrected chi connectivity index (χ0v) is 20.2. The molecule has 0 unspecified atom stereocenters. The van der Waals surface area contributed by atoms with Crippen molar-refractivity contribution in [3.8, 4) is 23.3 Å². The topological polar surface area (TPSA) is 103 Å². The molecule has 0 spiro atoms. The lowest BCUT2D eigenvalue weighted by atomic mass is 10.1. The summed E-state index contributed by atoms with van der Waals surface area (Å²) in [6, 6.07) is 10.1. The number of sulfonamides is 1. The number of halogens is 4. The van der Waals surface area contributed by atoms with Crippen LogP contribution in [0.3, 0.4) is 0 Å². The quantitative estimate of drug-likeness (QED) is 0.292. The molecule has 0 saturated heterocycles. The first-order valence-corrected chi connectivity index (χ1v) is 12.5. The van der Waals surface area contributed by atoms with E-state index < -0.39 is 39.4 Å². The lowest BCUT2D eigenvalue weighted by Gasteiger charge is -2.15. The average Bonchev–Trinajstić information content (AvgIpc) is 3.50. The zero-order chi connectivity index (χ0) is 27.2. The second-order valence-corrected chi connectivity index (χ2v) is 10.2. The van der Waals surface area contributed by atoms with Crippen molar-refractivity contribution in [1.29, 1.82) is 0 Å². The molecule has 5 rings (SSSR count). The second kappa shape index (κ2) is 9.21. The molecule has 8 nitrogen and oxygen atoms in total. The number of ether oxygens (including phenoxy) is 1. The molecule has 0 radical (unpaired) electrons. The highest BCUT2D eigenvalue weighted by atomic mass is 32.2. The standard InChI is InChI=1S/C25H17F4N3O5S/c1-36-22-12-15(3-2-14-11-18(14)25(27,28)29)19(26)13-21(22)32-20-6-5-17(10-16(20)4-7-24(32)33)38(34,35)31-23-8-9-37-30-23/h4-10,12-14,18H,11H2,1H3,(H,30,31)/t14-,18-/m0/s1. The van der Waals surface area contributed by atoms with Crippen molar-refractivity contribution in [1.82, 2.24) is 9.72 Å². The van der Waals surface area contributed by atoms with Crippen LogP contribution in [0.25, 0.3) is 16.6 Å². The lowest BCUT2D eigenvalue weighted by molar-refractivity contribution is -0.149. The number of benzene rings is 2. The maximum absolute atomic E-state index is 15.0. The molecular formula is C25H17F4N3O5S. The number of rotatable bonds is 5. The number of aromatic nitrogens is 2. The summed E-state index contributed by atoms with van der Waals surface area (Å²) in [4.78, 5) is 12.7. The van der Waals surface area contributed by atoms with E-state index >= 15 is 0 Å². The first-order chi connectivity index (χ1) is 18.0. The van der Waals surface area contributed by atoms with Gasteiger partial charge in [0.1, 0.15) is 17.8 Å². The number of anilines is 1. The van der Waals surface area contributed by atoms with E-state index in [1.54, 1.807) is 0 Å². The number of methoxy groups -OCH3 is 1. The van der Waals surface area contributed by atoms with Crippen molar-refractivity contribution in [2.75, 3.05) is 11.8 Å². The predicted octanol–water partition coefficient (Wildman–Crippen LogP) is 4.48. The summed E-state index contributed by atoms with van der Waals surface area (Å²) >= 11 is 0. The molecule has 2 aromatic heterocycles. The Bertz CT molecular complexity index is 1770. The molecule has 13 heteroatoms. The molecule has 1 fully saturated rings. The van der Waals surface area contributed by atoms with Crippen LogP contribution < -0.4 is 15.0 Å². The fourth-order valence-corrected chi connectivity index (χ4v) is 4.99. The SMILES string of the molecule is COc1cc(C#C[C@H]2C[C@@H]2C(F)(F)F)c(F)cc1-n1c(=O)ccc2cc(S(=O)(=O)Nc3ccon3)ccc21. The van der Waals surface area contributed by atoms with E-state index in [0.29, 0.717) is 5.39 Å². The molecule has 196 valence electrons. The number of fused-ring (bicyclic) bond motifs is 1. The van der Waals surface area contributed by atoms with Gasteiger partial charge in [0.05, 0.1) is 34.7 Å². The number of hydrogen-bond acceptors (Lipinski definition) is 6. The fourth-order valence-electron chi connectivity index (χ4n) is 3.97. The van der Waals surface area contributed by atoms with Gasteiger partial charge in [0, 0.05) is 35.6 Å². The molecule has 38 heavy (non-hydrogen) atoms. The Hall–Kier alpha value is -4.31. The molecule has 0 bridgehead atoms. The Labute approximate surface area is 212 Å². The summed E-state index contributed by atoms with van der Waals surface area (Å²) in [5.74, 6) is 1.64. The van der Waals surface area contributed by atoms with Crippen molar-refractivity contribution in [2.45, 2.75) is 17.5 Å². The Morgan fingerprint density at radius 2 is 1.95 bits per heavy atom. The Morgan fingerprint density at radius 3 is 2.61 bits per heavy atom. The van der Waals surface area contributed by atoms with Crippen LogP contribution in [0.5, 0.6) is 5.75 Å². The Balaban J connectivity index is 1.54. The van der Waals surface area contributed by atoms with Crippen LogP contribution in [0.2, 0.25) is 0 Å². The normalized spacial score (nSPS) is 17.1. The maximum Gasteiger partial charge on any atom is 0.393 e.